The molecule has 0 aromatic carbocycles. The van der Waals surface area contributed by atoms with Crippen molar-refractivity contribution in [3.05, 3.63) is 16.5 Å². The van der Waals surface area contributed by atoms with Gasteiger partial charge in [-0.05, 0) is 27.3 Å². The van der Waals surface area contributed by atoms with Crippen LogP contribution >= 0.6 is 11.6 Å². The van der Waals surface area contributed by atoms with E-state index in [4.69, 9.17) is 11.6 Å². The molecule has 0 amide bonds. The molecular formula is C13H21ClN4. The van der Waals surface area contributed by atoms with Gasteiger partial charge >= 0.3 is 0 Å². The summed E-state index contributed by atoms with van der Waals surface area (Å²) in [6, 6.07) is 0.531. The SMILES string of the molecule is CCN1CCN(c2nc(C)c(C)nc2Cl)CC1C. The van der Waals surface area contributed by atoms with Gasteiger partial charge in [0.2, 0.25) is 0 Å². The molecule has 2 rings (SSSR count). The Morgan fingerprint density at radius 3 is 2.50 bits per heavy atom. The van der Waals surface area contributed by atoms with Crippen molar-refractivity contribution < 1.29 is 0 Å². The van der Waals surface area contributed by atoms with Crippen LogP contribution in [0.1, 0.15) is 25.2 Å². The van der Waals surface area contributed by atoms with Crippen molar-refractivity contribution in [3.63, 3.8) is 0 Å². The maximum absolute atomic E-state index is 6.22. The van der Waals surface area contributed by atoms with Crippen LogP contribution in [0, 0.1) is 13.8 Å². The van der Waals surface area contributed by atoms with Crippen molar-refractivity contribution in [1.82, 2.24) is 14.9 Å². The highest BCUT2D eigenvalue weighted by Crippen LogP contribution is 2.25. The van der Waals surface area contributed by atoms with Gasteiger partial charge in [0.15, 0.2) is 11.0 Å². The molecule has 1 aromatic heterocycles. The van der Waals surface area contributed by atoms with Crippen molar-refractivity contribution in [2.24, 2.45) is 0 Å². The molecule has 0 spiro atoms. The van der Waals surface area contributed by atoms with Crippen LogP contribution in [0.5, 0.6) is 0 Å². The largest absolute Gasteiger partial charge is 0.351 e. The molecule has 0 radical (unpaired) electrons. The number of anilines is 1. The zero-order valence-electron chi connectivity index (χ0n) is 11.6. The number of aryl methyl sites for hydroxylation is 2. The van der Waals surface area contributed by atoms with Crippen molar-refractivity contribution in [2.75, 3.05) is 31.1 Å². The molecule has 0 N–H and O–H groups in total. The highest BCUT2D eigenvalue weighted by Gasteiger charge is 2.25. The van der Waals surface area contributed by atoms with Crippen molar-refractivity contribution in [1.29, 1.82) is 0 Å². The van der Waals surface area contributed by atoms with E-state index in [1.165, 1.54) is 0 Å². The molecule has 1 aliphatic heterocycles. The van der Waals surface area contributed by atoms with Gasteiger partial charge in [0.25, 0.3) is 0 Å². The summed E-state index contributed by atoms with van der Waals surface area (Å²) >= 11 is 6.22. The van der Waals surface area contributed by atoms with Gasteiger partial charge in [-0.2, -0.15) is 0 Å². The number of nitrogens with zero attached hydrogens (tertiary/aromatic N) is 4. The molecule has 1 aromatic rings. The molecule has 0 bridgehead atoms. The molecule has 1 unspecified atom stereocenters. The van der Waals surface area contributed by atoms with Gasteiger partial charge in [-0.1, -0.05) is 18.5 Å². The van der Waals surface area contributed by atoms with Gasteiger partial charge in [0, 0.05) is 25.7 Å². The monoisotopic (exact) mass is 268 g/mol. The second kappa shape index (κ2) is 5.41. The van der Waals surface area contributed by atoms with E-state index < -0.39 is 0 Å². The second-order valence-electron chi connectivity index (χ2n) is 4.93. The third-order valence-electron chi connectivity index (χ3n) is 3.72. The molecule has 100 valence electrons. The lowest BCUT2D eigenvalue weighted by atomic mass is 10.2. The van der Waals surface area contributed by atoms with Crippen molar-refractivity contribution >= 4 is 17.4 Å². The molecule has 0 aliphatic carbocycles. The van der Waals surface area contributed by atoms with Crippen molar-refractivity contribution in [3.8, 4) is 0 Å². The molecule has 0 saturated carbocycles. The summed E-state index contributed by atoms with van der Waals surface area (Å²) in [6.45, 7) is 12.5. The summed E-state index contributed by atoms with van der Waals surface area (Å²) in [5.41, 5.74) is 1.86. The highest BCUT2D eigenvalue weighted by atomic mass is 35.5. The van der Waals surface area contributed by atoms with Gasteiger partial charge in [0.05, 0.1) is 11.4 Å². The van der Waals surface area contributed by atoms with Crippen LogP contribution in [-0.2, 0) is 0 Å². The van der Waals surface area contributed by atoms with Gasteiger partial charge in [0.1, 0.15) is 0 Å². The molecule has 1 aliphatic rings. The average Bonchev–Trinajstić information content (AvgIpc) is 2.33. The first-order chi connectivity index (χ1) is 8.52. The van der Waals surface area contributed by atoms with E-state index >= 15 is 0 Å². The molecular weight excluding hydrogens is 248 g/mol. The number of aromatic nitrogens is 2. The van der Waals surface area contributed by atoms with E-state index in [0.29, 0.717) is 11.2 Å². The molecule has 2 heterocycles. The molecule has 4 nitrogen and oxygen atoms in total. The number of likely N-dealkylation sites (N-methyl/N-ethyl adjacent to an activating group) is 1. The third-order valence-corrected chi connectivity index (χ3v) is 3.97. The first-order valence-electron chi connectivity index (χ1n) is 6.52. The van der Waals surface area contributed by atoms with Crippen LogP contribution < -0.4 is 4.90 Å². The smallest absolute Gasteiger partial charge is 0.171 e. The average molecular weight is 269 g/mol. The first kappa shape index (κ1) is 13.6. The standard InChI is InChI=1S/C13H21ClN4/c1-5-17-6-7-18(8-9(17)2)13-12(14)15-10(3)11(4)16-13/h9H,5-8H2,1-4H3. The Balaban J connectivity index is 2.20. The van der Waals surface area contributed by atoms with Crippen LogP contribution in [0.4, 0.5) is 5.82 Å². The maximum Gasteiger partial charge on any atom is 0.171 e. The van der Waals surface area contributed by atoms with Gasteiger partial charge in [-0.15, -0.1) is 0 Å². The summed E-state index contributed by atoms with van der Waals surface area (Å²) in [5.74, 6) is 0.836. The Morgan fingerprint density at radius 1 is 1.22 bits per heavy atom. The molecule has 1 fully saturated rings. The number of hydrogen-bond acceptors (Lipinski definition) is 4. The number of piperazine rings is 1. The summed E-state index contributed by atoms with van der Waals surface area (Å²) in [5, 5.41) is 0.523. The van der Waals surface area contributed by atoms with E-state index in [2.05, 4.69) is 33.6 Å². The summed E-state index contributed by atoms with van der Waals surface area (Å²) < 4.78 is 0. The minimum absolute atomic E-state index is 0.523. The predicted molar refractivity (Wildman–Crippen MR) is 75.4 cm³/mol. The zero-order chi connectivity index (χ0) is 13.3. The van der Waals surface area contributed by atoms with E-state index in [0.717, 1.165) is 43.4 Å². The Morgan fingerprint density at radius 2 is 1.89 bits per heavy atom. The minimum Gasteiger partial charge on any atom is -0.351 e. The highest BCUT2D eigenvalue weighted by molar-refractivity contribution is 6.31. The fourth-order valence-electron chi connectivity index (χ4n) is 2.42. The van der Waals surface area contributed by atoms with Crippen molar-refractivity contribution in [2.45, 2.75) is 33.7 Å². The third kappa shape index (κ3) is 2.59. The molecule has 1 saturated heterocycles. The topological polar surface area (TPSA) is 32.3 Å². The molecule has 5 heteroatoms. The normalized spacial score (nSPS) is 21.4. The zero-order valence-corrected chi connectivity index (χ0v) is 12.3. The second-order valence-corrected chi connectivity index (χ2v) is 5.29. The first-order valence-corrected chi connectivity index (χ1v) is 6.90. The van der Waals surface area contributed by atoms with E-state index in [1.807, 2.05) is 13.8 Å². The van der Waals surface area contributed by atoms with E-state index in [-0.39, 0.29) is 0 Å². The maximum atomic E-state index is 6.22. The van der Waals surface area contributed by atoms with Crippen LogP contribution in [0.2, 0.25) is 5.15 Å². The number of hydrogen-bond donors (Lipinski definition) is 0. The van der Waals surface area contributed by atoms with Gasteiger partial charge < -0.3 is 4.90 Å². The summed E-state index contributed by atoms with van der Waals surface area (Å²) in [7, 11) is 0. The van der Waals surface area contributed by atoms with Crippen LogP contribution in [0.15, 0.2) is 0 Å². The van der Waals surface area contributed by atoms with Gasteiger partial charge in [-0.3, -0.25) is 4.90 Å². The predicted octanol–water partition coefficient (Wildman–Crippen LogP) is 2.28. The Bertz CT molecular complexity index is 435. The molecule has 1 atom stereocenters. The molecule has 18 heavy (non-hydrogen) atoms. The fraction of sp³-hybridized carbons (Fsp3) is 0.692. The number of halogens is 1. The number of rotatable bonds is 2. The fourth-order valence-corrected chi connectivity index (χ4v) is 2.71. The lowest BCUT2D eigenvalue weighted by Crippen LogP contribution is -2.52. The lowest BCUT2D eigenvalue weighted by molar-refractivity contribution is 0.199. The summed E-state index contributed by atoms with van der Waals surface area (Å²) in [6.07, 6.45) is 0. The van der Waals surface area contributed by atoms with E-state index in [1.54, 1.807) is 0 Å². The van der Waals surface area contributed by atoms with Crippen LogP contribution in [0.3, 0.4) is 0 Å². The van der Waals surface area contributed by atoms with Crippen LogP contribution in [0.25, 0.3) is 0 Å². The quantitative estimate of drug-likeness (QED) is 0.824. The summed E-state index contributed by atoms with van der Waals surface area (Å²) in [4.78, 5) is 13.7. The Labute approximate surface area is 114 Å². The minimum atomic E-state index is 0.523. The van der Waals surface area contributed by atoms with E-state index in [9.17, 15) is 0 Å². The lowest BCUT2D eigenvalue weighted by Gasteiger charge is -2.40. The Kier molecular flexibility index (Phi) is 4.07. The van der Waals surface area contributed by atoms with Gasteiger partial charge in [-0.25, -0.2) is 9.97 Å². The Hall–Kier alpha value is -0.870. The van der Waals surface area contributed by atoms with Crippen LogP contribution in [-0.4, -0.2) is 47.1 Å².